The Morgan fingerprint density at radius 1 is 0.964 bits per heavy atom. The standard InChI is InChI=1S/C20H15N3O4S/c1-2-6-13(7-3-1)17-10-14(23-27-17)12-28-20-22-21-19(26-20)18-11-24-15-8-4-5-9-16(15)25-18/h1-10,18H,11-12H2. The van der Waals surface area contributed by atoms with Crippen LogP contribution in [0.15, 0.2) is 74.8 Å². The summed E-state index contributed by atoms with van der Waals surface area (Å²) in [7, 11) is 0. The van der Waals surface area contributed by atoms with Crippen LogP contribution in [0.1, 0.15) is 17.7 Å². The van der Waals surface area contributed by atoms with Crippen molar-refractivity contribution < 1.29 is 18.4 Å². The zero-order valence-electron chi connectivity index (χ0n) is 14.6. The Bertz CT molecular complexity index is 1080. The molecule has 0 saturated heterocycles. The van der Waals surface area contributed by atoms with Crippen LogP contribution in [0.4, 0.5) is 0 Å². The van der Waals surface area contributed by atoms with Crippen molar-refractivity contribution >= 4 is 11.8 Å². The van der Waals surface area contributed by atoms with Gasteiger partial charge in [-0.2, -0.15) is 0 Å². The van der Waals surface area contributed by atoms with E-state index in [1.54, 1.807) is 0 Å². The molecule has 0 amide bonds. The summed E-state index contributed by atoms with van der Waals surface area (Å²) in [6, 6.07) is 19.3. The predicted octanol–water partition coefficient (Wildman–Crippen LogP) is 4.53. The van der Waals surface area contributed by atoms with Crippen molar-refractivity contribution in [2.45, 2.75) is 17.1 Å². The smallest absolute Gasteiger partial charge is 0.277 e. The van der Waals surface area contributed by atoms with E-state index in [0.717, 1.165) is 17.0 Å². The van der Waals surface area contributed by atoms with E-state index in [2.05, 4.69) is 15.4 Å². The quantitative estimate of drug-likeness (QED) is 0.457. The zero-order chi connectivity index (χ0) is 18.8. The van der Waals surface area contributed by atoms with Crippen LogP contribution in [0, 0.1) is 0 Å². The number of fused-ring (bicyclic) bond motifs is 1. The molecule has 0 N–H and O–H groups in total. The lowest BCUT2D eigenvalue weighted by molar-refractivity contribution is 0.0686. The van der Waals surface area contributed by atoms with Gasteiger partial charge >= 0.3 is 0 Å². The third-order valence-corrected chi connectivity index (χ3v) is 5.02. The number of hydrogen-bond donors (Lipinski definition) is 0. The number of benzene rings is 2. The lowest BCUT2D eigenvalue weighted by Crippen LogP contribution is -2.21. The summed E-state index contributed by atoms with van der Waals surface area (Å²) in [5.74, 6) is 3.06. The van der Waals surface area contributed by atoms with Crippen LogP contribution < -0.4 is 9.47 Å². The van der Waals surface area contributed by atoms with Crippen LogP contribution in [0.25, 0.3) is 11.3 Å². The van der Waals surface area contributed by atoms with Crippen molar-refractivity contribution in [1.29, 1.82) is 0 Å². The minimum atomic E-state index is -0.423. The van der Waals surface area contributed by atoms with Crippen molar-refractivity contribution in [3.8, 4) is 22.8 Å². The van der Waals surface area contributed by atoms with Gasteiger partial charge in [-0.3, -0.25) is 0 Å². The highest BCUT2D eigenvalue weighted by molar-refractivity contribution is 7.98. The molecule has 7 nitrogen and oxygen atoms in total. The van der Waals surface area contributed by atoms with E-state index in [0.29, 0.717) is 35.0 Å². The zero-order valence-corrected chi connectivity index (χ0v) is 15.5. The topological polar surface area (TPSA) is 83.4 Å². The minimum Gasteiger partial charge on any atom is -0.485 e. The maximum atomic E-state index is 5.89. The van der Waals surface area contributed by atoms with Crippen LogP contribution in [-0.2, 0) is 5.75 Å². The Balaban J connectivity index is 1.23. The molecule has 1 aliphatic rings. The molecule has 0 bridgehead atoms. The Morgan fingerprint density at radius 2 is 1.79 bits per heavy atom. The Hall–Kier alpha value is -3.26. The van der Waals surface area contributed by atoms with Gasteiger partial charge in [0.05, 0.1) is 5.69 Å². The summed E-state index contributed by atoms with van der Waals surface area (Å²) >= 11 is 1.39. The van der Waals surface area contributed by atoms with Crippen molar-refractivity contribution in [3.63, 3.8) is 0 Å². The molecule has 1 unspecified atom stereocenters. The maximum Gasteiger partial charge on any atom is 0.277 e. The summed E-state index contributed by atoms with van der Waals surface area (Å²) in [5.41, 5.74) is 1.79. The monoisotopic (exact) mass is 393 g/mol. The van der Waals surface area contributed by atoms with Gasteiger partial charge in [0.25, 0.3) is 11.1 Å². The summed E-state index contributed by atoms with van der Waals surface area (Å²) in [5, 5.41) is 12.7. The molecule has 2 aromatic carbocycles. The van der Waals surface area contributed by atoms with Gasteiger partial charge in [0.15, 0.2) is 17.3 Å². The van der Waals surface area contributed by atoms with E-state index in [4.69, 9.17) is 18.4 Å². The molecule has 5 rings (SSSR count). The first-order chi connectivity index (χ1) is 13.8. The maximum absolute atomic E-state index is 5.89. The average molecular weight is 393 g/mol. The molecule has 4 aromatic rings. The van der Waals surface area contributed by atoms with E-state index in [-0.39, 0.29) is 0 Å². The molecule has 8 heteroatoms. The van der Waals surface area contributed by atoms with Crippen LogP contribution in [0.5, 0.6) is 11.5 Å². The number of thioether (sulfide) groups is 1. The van der Waals surface area contributed by atoms with Crippen LogP contribution in [0.2, 0.25) is 0 Å². The molecule has 0 radical (unpaired) electrons. The molecule has 0 spiro atoms. The van der Waals surface area contributed by atoms with Gasteiger partial charge in [-0.1, -0.05) is 59.4 Å². The minimum absolute atomic E-state index is 0.326. The van der Waals surface area contributed by atoms with Crippen molar-refractivity contribution in [1.82, 2.24) is 15.4 Å². The highest BCUT2D eigenvalue weighted by Gasteiger charge is 2.27. The number of ether oxygens (including phenoxy) is 2. The molecule has 1 aliphatic heterocycles. The molecular weight excluding hydrogens is 378 g/mol. The Morgan fingerprint density at radius 3 is 2.68 bits per heavy atom. The molecule has 3 heterocycles. The number of rotatable bonds is 5. The van der Waals surface area contributed by atoms with Crippen LogP contribution in [0.3, 0.4) is 0 Å². The Labute approximate surface area is 164 Å². The van der Waals surface area contributed by atoms with Crippen molar-refractivity contribution in [2.24, 2.45) is 0 Å². The first-order valence-electron chi connectivity index (χ1n) is 8.71. The second-order valence-electron chi connectivity index (χ2n) is 6.11. The summed E-state index contributed by atoms with van der Waals surface area (Å²) in [4.78, 5) is 0. The highest BCUT2D eigenvalue weighted by Crippen LogP contribution is 2.36. The third-order valence-electron chi connectivity index (χ3n) is 4.17. The molecule has 28 heavy (non-hydrogen) atoms. The molecule has 0 saturated carbocycles. The fourth-order valence-corrected chi connectivity index (χ4v) is 3.45. The number of nitrogens with zero attached hydrogens (tertiary/aromatic N) is 3. The molecule has 2 aromatic heterocycles. The lowest BCUT2D eigenvalue weighted by Gasteiger charge is -2.23. The van der Waals surface area contributed by atoms with Crippen molar-refractivity contribution in [3.05, 3.63) is 72.2 Å². The van der Waals surface area contributed by atoms with Gasteiger partial charge in [-0.15, -0.1) is 10.2 Å². The molecule has 0 fully saturated rings. The molecular formula is C20H15N3O4S. The largest absolute Gasteiger partial charge is 0.485 e. The summed E-state index contributed by atoms with van der Waals surface area (Å²) in [6.45, 7) is 0.326. The third kappa shape index (κ3) is 3.46. The predicted molar refractivity (Wildman–Crippen MR) is 101 cm³/mol. The molecule has 0 aliphatic carbocycles. The van der Waals surface area contributed by atoms with Gasteiger partial charge < -0.3 is 18.4 Å². The second kappa shape index (κ2) is 7.40. The normalized spacial score (nSPS) is 15.5. The van der Waals surface area contributed by atoms with E-state index in [1.807, 2.05) is 60.7 Å². The Kier molecular flexibility index (Phi) is 4.46. The number of para-hydroxylation sites is 2. The fraction of sp³-hybridized carbons (Fsp3) is 0.150. The summed E-state index contributed by atoms with van der Waals surface area (Å²) < 4.78 is 22.7. The number of aromatic nitrogens is 3. The van der Waals surface area contributed by atoms with Crippen LogP contribution >= 0.6 is 11.8 Å². The average Bonchev–Trinajstić information content (AvgIpc) is 3.42. The molecule has 140 valence electrons. The van der Waals surface area contributed by atoms with Gasteiger partial charge in [-0.25, -0.2) is 0 Å². The number of hydrogen-bond acceptors (Lipinski definition) is 8. The first kappa shape index (κ1) is 16.9. The van der Waals surface area contributed by atoms with Gasteiger partial charge in [0.1, 0.15) is 6.61 Å². The lowest BCUT2D eigenvalue weighted by atomic mass is 10.2. The van der Waals surface area contributed by atoms with E-state index in [1.165, 1.54) is 11.8 Å². The summed E-state index contributed by atoms with van der Waals surface area (Å²) in [6.07, 6.45) is -0.423. The molecule has 1 atom stereocenters. The van der Waals surface area contributed by atoms with Crippen LogP contribution in [-0.4, -0.2) is 22.0 Å². The SMILES string of the molecule is c1ccc(-c2cc(CSc3nnc(C4COc5ccccc5O4)o3)no2)cc1. The second-order valence-corrected chi connectivity index (χ2v) is 7.03. The van der Waals surface area contributed by atoms with E-state index >= 15 is 0 Å². The van der Waals surface area contributed by atoms with E-state index in [9.17, 15) is 0 Å². The van der Waals surface area contributed by atoms with E-state index < -0.39 is 6.10 Å². The van der Waals surface area contributed by atoms with Gasteiger partial charge in [0.2, 0.25) is 6.10 Å². The fourth-order valence-electron chi connectivity index (χ4n) is 2.80. The highest BCUT2D eigenvalue weighted by atomic mass is 32.2. The first-order valence-corrected chi connectivity index (χ1v) is 9.69. The van der Waals surface area contributed by atoms with Gasteiger partial charge in [0, 0.05) is 17.4 Å². The van der Waals surface area contributed by atoms with Crippen molar-refractivity contribution in [2.75, 3.05) is 6.61 Å². The van der Waals surface area contributed by atoms with Gasteiger partial charge in [-0.05, 0) is 12.1 Å².